The van der Waals surface area contributed by atoms with Gasteiger partial charge in [-0.15, -0.1) is 0 Å². The zero-order valence-electron chi connectivity index (χ0n) is 15.3. The van der Waals surface area contributed by atoms with Crippen molar-refractivity contribution in [3.8, 4) is 0 Å². The summed E-state index contributed by atoms with van der Waals surface area (Å²) in [5.74, 6) is 0. The average molecular weight is 415 g/mol. The second-order valence-corrected chi connectivity index (χ2v) is 7.96. The number of benzene rings is 2. The van der Waals surface area contributed by atoms with Gasteiger partial charge in [0.05, 0.1) is 10.6 Å². The molecule has 7 heteroatoms. The first-order valence-electron chi connectivity index (χ1n) is 8.49. The highest BCUT2D eigenvalue weighted by Gasteiger charge is 2.33. The molecule has 0 saturated carbocycles. The van der Waals surface area contributed by atoms with E-state index in [4.69, 9.17) is 23.8 Å². The van der Waals surface area contributed by atoms with Crippen LogP contribution in [0.25, 0.3) is 0 Å². The number of alkyl halides is 3. The van der Waals surface area contributed by atoms with Gasteiger partial charge in [0.15, 0.2) is 5.11 Å². The van der Waals surface area contributed by atoms with Gasteiger partial charge in [-0.05, 0) is 54.7 Å². The normalized spacial score (nSPS) is 13.1. The Morgan fingerprint density at radius 3 is 2.33 bits per heavy atom. The van der Waals surface area contributed by atoms with Crippen LogP contribution in [0.2, 0.25) is 5.02 Å². The molecule has 2 aromatic carbocycles. The molecular formula is C20H22ClF3N2S. The molecule has 146 valence electrons. The van der Waals surface area contributed by atoms with Gasteiger partial charge in [0, 0.05) is 11.7 Å². The molecule has 2 N–H and O–H groups in total. The van der Waals surface area contributed by atoms with Crippen LogP contribution in [0.3, 0.4) is 0 Å². The van der Waals surface area contributed by atoms with Crippen LogP contribution in [-0.2, 0) is 11.6 Å². The molecular weight excluding hydrogens is 393 g/mol. The van der Waals surface area contributed by atoms with Gasteiger partial charge in [0.25, 0.3) is 0 Å². The van der Waals surface area contributed by atoms with E-state index in [2.05, 4.69) is 36.6 Å². The number of halogens is 4. The van der Waals surface area contributed by atoms with Crippen LogP contribution in [0.5, 0.6) is 0 Å². The summed E-state index contributed by atoms with van der Waals surface area (Å²) >= 11 is 10.9. The van der Waals surface area contributed by atoms with Crippen molar-refractivity contribution in [2.24, 2.45) is 0 Å². The maximum atomic E-state index is 13.0. The van der Waals surface area contributed by atoms with Crippen molar-refractivity contribution in [2.75, 3.05) is 5.32 Å². The molecule has 27 heavy (non-hydrogen) atoms. The number of nitrogens with one attached hydrogen (secondary N) is 2. The van der Waals surface area contributed by atoms with Crippen molar-refractivity contribution in [3.63, 3.8) is 0 Å². The van der Waals surface area contributed by atoms with Crippen LogP contribution in [0, 0.1) is 0 Å². The minimum atomic E-state index is -4.52. The largest absolute Gasteiger partial charge is 0.417 e. The fourth-order valence-electron chi connectivity index (χ4n) is 3.03. The molecule has 0 saturated heterocycles. The van der Waals surface area contributed by atoms with Gasteiger partial charge in [-0.3, -0.25) is 0 Å². The molecule has 0 amide bonds. The fraction of sp³-hybridized carbons (Fsp3) is 0.350. The summed E-state index contributed by atoms with van der Waals surface area (Å²) in [5.41, 5.74) is 0.478. The summed E-state index contributed by atoms with van der Waals surface area (Å²) < 4.78 is 38.9. The van der Waals surface area contributed by atoms with E-state index in [-0.39, 0.29) is 27.3 Å². The Bertz CT molecular complexity index is 792. The van der Waals surface area contributed by atoms with Crippen molar-refractivity contribution in [1.29, 1.82) is 0 Å². The highest BCUT2D eigenvalue weighted by molar-refractivity contribution is 7.80. The van der Waals surface area contributed by atoms with Crippen molar-refractivity contribution in [1.82, 2.24) is 5.32 Å². The van der Waals surface area contributed by atoms with Crippen LogP contribution in [0.1, 0.15) is 38.3 Å². The van der Waals surface area contributed by atoms with Crippen LogP contribution in [0.4, 0.5) is 18.9 Å². The third kappa shape index (κ3) is 6.11. The van der Waals surface area contributed by atoms with Crippen molar-refractivity contribution in [2.45, 2.75) is 44.8 Å². The van der Waals surface area contributed by atoms with E-state index in [1.807, 2.05) is 25.1 Å². The van der Waals surface area contributed by atoms with Crippen molar-refractivity contribution in [3.05, 3.63) is 64.7 Å². The van der Waals surface area contributed by atoms with Crippen LogP contribution in [-0.4, -0.2) is 11.2 Å². The molecule has 0 aromatic heterocycles. The molecule has 0 spiro atoms. The summed E-state index contributed by atoms with van der Waals surface area (Å²) in [6, 6.07) is 13.8. The zero-order valence-corrected chi connectivity index (χ0v) is 16.9. The van der Waals surface area contributed by atoms with E-state index in [1.165, 1.54) is 17.7 Å². The quantitative estimate of drug-likeness (QED) is 0.553. The standard InChI is InChI=1S/C20H22ClF3N2S/c1-13(12-19(2,3)14-7-5-4-6-8-14)25-18(27)26-15-9-10-17(21)16(11-15)20(22,23)24/h4-11,13H,12H2,1-3H3,(H2,25,26,27). The Morgan fingerprint density at radius 2 is 1.74 bits per heavy atom. The summed E-state index contributed by atoms with van der Waals surface area (Å²) in [4.78, 5) is 0. The van der Waals surface area contributed by atoms with Crippen LogP contribution in [0.15, 0.2) is 48.5 Å². The van der Waals surface area contributed by atoms with E-state index in [0.29, 0.717) is 0 Å². The van der Waals surface area contributed by atoms with Gasteiger partial charge in [-0.25, -0.2) is 0 Å². The number of anilines is 1. The molecule has 0 aliphatic carbocycles. The first kappa shape index (κ1) is 21.5. The van der Waals surface area contributed by atoms with Gasteiger partial charge in [-0.2, -0.15) is 13.2 Å². The molecule has 1 unspecified atom stereocenters. The smallest absolute Gasteiger partial charge is 0.360 e. The second kappa shape index (κ2) is 8.48. The molecule has 0 aliphatic rings. The van der Waals surface area contributed by atoms with E-state index in [1.54, 1.807) is 0 Å². The van der Waals surface area contributed by atoms with Crippen molar-refractivity contribution >= 4 is 34.6 Å². The van der Waals surface area contributed by atoms with Crippen LogP contribution < -0.4 is 10.6 Å². The van der Waals surface area contributed by atoms with Gasteiger partial charge < -0.3 is 10.6 Å². The monoisotopic (exact) mass is 414 g/mol. The predicted octanol–water partition coefficient (Wildman–Crippen LogP) is 6.40. The predicted molar refractivity (Wildman–Crippen MR) is 109 cm³/mol. The average Bonchev–Trinajstić information content (AvgIpc) is 2.55. The summed E-state index contributed by atoms with van der Waals surface area (Å²) in [5, 5.41) is 5.86. The van der Waals surface area contributed by atoms with Gasteiger partial charge in [-0.1, -0.05) is 55.8 Å². The Kier molecular flexibility index (Phi) is 6.76. The lowest BCUT2D eigenvalue weighted by molar-refractivity contribution is -0.137. The van der Waals surface area contributed by atoms with Gasteiger partial charge in [0.2, 0.25) is 0 Å². The Labute approximate surface area is 168 Å². The maximum Gasteiger partial charge on any atom is 0.417 e. The summed E-state index contributed by atoms with van der Waals surface area (Å²) in [6.45, 7) is 6.28. The third-order valence-corrected chi connectivity index (χ3v) is 4.83. The molecule has 0 aliphatic heterocycles. The Morgan fingerprint density at radius 1 is 1.11 bits per heavy atom. The molecule has 1 atom stereocenters. The molecule has 2 rings (SSSR count). The molecule has 0 heterocycles. The molecule has 2 nitrogen and oxygen atoms in total. The Hall–Kier alpha value is -1.79. The van der Waals surface area contributed by atoms with Gasteiger partial charge >= 0.3 is 6.18 Å². The molecule has 0 bridgehead atoms. The fourth-order valence-corrected chi connectivity index (χ4v) is 3.58. The van der Waals surface area contributed by atoms with Crippen molar-refractivity contribution < 1.29 is 13.2 Å². The van der Waals surface area contributed by atoms with E-state index in [0.717, 1.165) is 12.5 Å². The number of rotatable bonds is 5. The highest BCUT2D eigenvalue weighted by Crippen LogP contribution is 2.36. The summed E-state index contributed by atoms with van der Waals surface area (Å²) in [7, 11) is 0. The minimum absolute atomic E-state index is 0.0228. The van der Waals surface area contributed by atoms with E-state index < -0.39 is 11.7 Å². The number of hydrogen-bond donors (Lipinski definition) is 2. The van der Waals surface area contributed by atoms with Gasteiger partial charge in [0.1, 0.15) is 0 Å². The Balaban J connectivity index is 1.99. The third-order valence-electron chi connectivity index (χ3n) is 4.28. The minimum Gasteiger partial charge on any atom is -0.360 e. The van der Waals surface area contributed by atoms with E-state index in [9.17, 15) is 13.2 Å². The number of thiocarbonyl (C=S) groups is 1. The lowest BCUT2D eigenvalue weighted by Crippen LogP contribution is -2.39. The zero-order chi connectivity index (χ0) is 20.2. The molecule has 0 fully saturated rings. The van der Waals surface area contributed by atoms with E-state index >= 15 is 0 Å². The SMILES string of the molecule is CC(CC(C)(C)c1ccccc1)NC(=S)Nc1ccc(Cl)c(C(F)(F)F)c1. The molecule has 0 radical (unpaired) electrons. The maximum absolute atomic E-state index is 13.0. The highest BCUT2D eigenvalue weighted by atomic mass is 35.5. The summed E-state index contributed by atoms with van der Waals surface area (Å²) in [6.07, 6.45) is -3.72. The first-order chi connectivity index (χ1) is 12.5. The van der Waals surface area contributed by atoms with Crippen LogP contribution >= 0.6 is 23.8 Å². The lowest BCUT2D eigenvalue weighted by atomic mass is 9.79. The first-order valence-corrected chi connectivity index (χ1v) is 9.27. The number of hydrogen-bond acceptors (Lipinski definition) is 1. The molecule has 2 aromatic rings. The second-order valence-electron chi connectivity index (χ2n) is 7.15. The lowest BCUT2D eigenvalue weighted by Gasteiger charge is -2.29. The topological polar surface area (TPSA) is 24.1 Å².